The van der Waals surface area contributed by atoms with Crippen LogP contribution in [0.2, 0.25) is 0 Å². The summed E-state index contributed by atoms with van der Waals surface area (Å²) in [6.45, 7) is 2.49. The number of nitrogens with zero attached hydrogens (tertiary/aromatic N) is 2. The molecule has 0 bridgehead atoms. The molecule has 22 heavy (non-hydrogen) atoms. The van der Waals surface area contributed by atoms with Gasteiger partial charge in [0.25, 0.3) is 5.91 Å². The van der Waals surface area contributed by atoms with E-state index in [1.165, 1.54) is 5.69 Å². The van der Waals surface area contributed by atoms with Crippen molar-refractivity contribution in [2.75, 3.05) is 20.2 Å². The molecule has 5 heteroatoms. The monoisotopic (exact) mass is 299 g/mol. The Hall–Kier alpha value is -2.27. The lowest BCUT2D eigenvalue weighted by Gasteiger charge is -2.34. The van der Waals surface area contributed by atoms with Crippen molar-refractivity contribution in [1.29, 1.82) is 0 Å². The van der Waals surface area contributed by atoms with Crippen LogP contribution >= 0.6 is 0 Å². The number of amides is 1. The molecule has 1 aromatic carbocycles. The predicted octanol–water partition coefficient (Wildman–Crippen LogP) is 1.50. The first kappa shape index (κ1) is 14.7. The Balaban J connectivity index is 1.45. The van der Waals surface area contributed by atoms with Crippen LogP contribution in [0.4, 0.5) is 0 Å². The highest BCUT2D eigenvalue weighted by Gasteiger charge is 2.22. The van der Waals surface area contributed by atoms with Crippen LogP contribution in [0.3, 0.4) is 0 Å². The molecule has 1 unspecified atom stereocenters. The van der Waals surface area contributed by atoms with Crippen LogP contribution in [0.25, 0.3) is 0 Å². The van der Waals surface area contributed by atoms with Gasteiger partial charge in [-0.3, -0.25) is 9.69 Å². The molecule has 0 fully saturated rings. The lowest BCUT2D eigenvalue weighted by atomic mass is 10.2. The minimum absolute atomic E-state index is 0.0508. The Morgan fingerprint density at radius 1 is 1.27 bits per heavy atom. The van der Waals surface area contributed by atoms with Crippen LogP contribution < -0.4 is 10.1 Å². The summed E-state index contributed by atoms with van der Waals surface area (Å²) < 4.78 is 7.69. The first-order valence-corrected chi connectivity index (χ1v) is 7.51. The summed E-state index contributed by atoms with van der Waals surface area (Å²) in [6, 6.07) is 13.9. The van der Waals surface area contributed by atoms with Gasteiger partial charge in [-0.05, 0) is 31.3 Å². The number of rotatable bonds is 5. The molecule has 0 radical (unpaired) electrons. The summed E-state index contributed by atoms with van der Waals surface area (Å²) in [6.07, 6.45) is 2.09. The molecule has 1 atom stereocenters. The molecule has 2 heterocycles. The molecular formula is C17H21N3O2. The van der Waals surface area contributed by atoms with Crippen LogP contribution in [0.1, 0.15) is 5.69 Å². The molecule has 1 N–H and O–H groups in total. The summed E-state index contributed by atoms with van der Waals surface area (Å²) in [5, 5.41) is 2.96. The zero-order valence-corrected chi connectivity index (χ0v) is 12.7. The molecule has 0 spiro atoms. The second kappa shape index (κ2) is 6.66. The molecule has 2 aromatic rings. The number of aromatic nitrogens is 1. The molecule has 0 saturated carbocycles. The van der Waals surface area contributed by atoms with Crippen molar-refractivity contribution in [3.05, 3.63) is 54.4 Å². The molecule has 1 amide bonds. The highest BCUT2D eigenvalue weighted by molar-refractivity contribution is 5.77. The number of likely N-dealkylation sites (N-methyl/N-ethyl adjacent to an activating group) is 1. The summed E-state index contributed by atoms with van der Waals surface area (Å²) in [4.78, 5) is 14.2. The minimum atomic E-state index is -0.0874. The standard InChI is InChI=1S/C17H21N3O2/c1-19-11-14-6-5-9-20(14)12-15(19)10-18-17(21)13-22-16-7-3-2-4-8-16/h2-9,15H,10-13H2,1H3,(H,18,21). The number of fused-ring (bicyclic) bond motifs is 1. The fourth-order valence-electron chi connectivity index (χ4n) is 2.69. The third-order valence-electron chi connectivity index (χ3n) is 4.01. The number of para-hydroxylation sites is 1. The van der Waals surface area contributed by atoms with E-state index in [-0.39, 0.29) is 12.5 Å². The highest BCUT2D eigenvalue weighted by atomic mass is 16.5. The Labute approximate surface area is 130 Å². The van der Waals surface area contributed by atoms with Gasteiger partial charge in [-0.25, -0.2) is 0 Å². The maximum absolute atomic E-state index is 11.9. The highest BCUT2D eigenvalue weighted by Crippen LogP contribution is 2.16. The fourth-order valence-corrected chi connectivity index (χ4v) is 2.69. The van der Waals surface area contributed by atoms with Gasteiger partial charge in [-0.15, -0.1) is 0 Å². The number of hydrogen-bond acceptors (Lipinski definition) is 3. The van der Waals surface area contributed by atoms with Crippen molar-refractivity contribution in [2.45, 2.75) is 19.1 Å². The normalized spacial score (nSPS) is 17.8. The van der Waals surface area contributed by atoms with E-state index in [0.717, 1.165) is 13.1 Å². The van der Waals surface area contributed by atoms with Gasteiger partial charge >= 0.3 is 0 Å². The molecule has 1 aliphatic rings. The molecule has 3 rings (SSSR count). The first-order chi connectivity index (χ1) is 10.7. The second-order valence-electron chi connectivity index (χ2n) is 5.63. The van der Waals surface area contributed by atoms with Gasteiger partial charge in [-0.1, -0.05) is 18.2 Å². The molecule has 0 aliphatic carbocycles. The van der Waals surface area contributed by atoms with E-state index < -0.39 is 0 Å². The van der Waals surface area contributed by atoms with Gasteiger partial charge in [0.2, 0.25) is 0 Å². The summed E-state index contributed by atoms with van der Waals surface area (Å²) in [5.74, 6) is 0.625. The number of benzene rings is 1. The molecule has 5 nitrogen and oxygen atoms in total. The Kier molecular flexibility index (Phi) is 4.44. The van der Waals surface area contributed by atoms with Gasteiger partial charge in [0.05, 0.1) is 0 Å². The molecule has 116 valence electrons. The quantitative estimate of drug-likeness (QED) is 0.910. The zero-order valence-electron chi connectivity index (χ0n) is 12.7. The number of carbonyl (C=O) groups is 1. The van der Waals surface area contributed by atoms with Crippen LogP contribution in [-0.4, -0.2) is 41.6 Å². The SMILES string of the molecule is CN1Cc2cccn2CC1CNC(=O)COc1ccccc1. The fraction of sp³-hybridized carbons (Fsp3) is 0.353. The first-order valence-electron chi connectivity index (χ1n) is 7.51. The Bertz CT molecular complexity index is 624. The third kappa shape index (κ3) is 3.49. The van der Waals surface area contributed by atoms with Gasteiger partial charge in [0.1, 0.15) is 5.75 Å². The van der Waals surface area contributed by atoms with Gasteiger partial charge in [0.15, 0.2) is 6.61 Å². The topological polar surface area (TPSA) is 46.5 Å². The average Bonchev–Trinajstić information content (AvgIpc) is 2.98. The Morgan fingerprint density at radius 3 is 2.91 bits per heavy atom. The molecule has 0 saturated heterocycles. The zero-order chi connectivity index (χ0) is 15.4. The summed E-state index contributed by atoms with van der Waals surface area (Å²) >= 11 is 0. The second-order valence-corrected chi connectivity index (χ2v) is 5.63. The van der Waals surface area contributed by atoms with Crippen LogP contribution in [0.15, 0.2) is 48.7 Å². The van der Waals surface area contributed by atoms with Crippen molar-refractivity contribution in [3.63, 3.8) is 0 Å². The predicted molar refractivity (Wildman–Crippen MR) is 84.6 cm³/mol. The number of carbonyl (C=O) groups excluding carboxylic acids is 1. The van der Waals surface area contributed by atoms with E-state index in [2.05, 4.69) is 40.2 Å². The van der Waals surface area contributed by atoms with Crippen molar-refractivity contribution < 1.29 is 9.53 Å². The van der Waals surface area contributed by atoms with E-state index >= 15 is 0 Å². The molecule has 1 aliphatic heterocycles. The number of nitrogens with one attached hydrogen (secondary N) is 1. The largest absolute Gasteiger partial charge is 0.484 e. The van der Waals surface area contributed by atoms with Crippen molar-refractivity contribution in [2.24, 2.45) is 0 Å². The van der Waals surface area contributed by atoms with E-state index in [1.807, 2.05) is 30.3 Å². The van der Waals surface area contributed by atoms with Crippen LogP contribution in [0, 0.1) is 0 Å². The Morgan fingerprint density at radius 2 is 2.09 bits per heavy atom. The van der Waals surface area contributed by atoms with Crippen molar-refractivity contribution in [3.8, 4) is 5.75 Å². The van der Waals surface area contributed by atoms with E-state index in [9.17, 15) is 4.79 Å². The minimum Gasteiger partial charge on any atom is -0.484 e. The van der Waals surface area contributed by atoms with Crippen LogP contribution in [-0.2, 0) is 17.9 Å². The van der Waals surface area contributed by atoms with Crippen LogP contribution in [0.5, 0.6) is 5.75 Å². The lowest BCUT2D eigenvalue weighted by Crippen LogP contribution is -2.47. The lowest BCUT2D eigenvalue weighted by molar-refractivity contribution is -0.123. The number of ether oxygens (including phenoxy) is 1. The maximum atomic E-state index is 11.9. The summed E-state index contributed by atoms with van der Waals surface area (Å²) in [7, 11) is 2.09. The van der Waals surface area contributed by atoms with Crippen molar-refractivity contribution in [1.82, 2.24) is 14.8 Å². The van der Waals surface area contributed by atoms with E-state index in [0.29, 0.717) is 18.3 Å². The third-order valence-corrected chi connectivity index (χ3v) is 4.01. The van der Waals surface area contributed by atoms with Gasteiger partial charge in [0, 0.05) is 37.6 Å². The van der Waals surface area contributed by atoms with E-state index in [1.54, 1.807) is 0 Å². The summed E-state index contributed by atoms with van der Waals surface area (Å²) in [5.41, 5.74) is 1.32. The average molecular weight is 299 g/mol. The van der Waals surface area contributed by atoms with Crippen molar-refractivity contribution >= 4 is 5.91 Å². The smallest absolute Gasteiger partial charge is 0.257 e. The van der Waals surface area contributed by atoms with E-state index in [4.69, 9.17) is 4.74 Å². The molecule has 1 aromatic heterocycles. The maximum Gasteiger partial charge on any atom is 0.257 e. The number of hydrogen-bond donors (Lipinski definition) is 1. The van der Waals surface area contributed by atoms with Gasteiger partial charge < -0.3 is 14.6 Å². The van der Waals surface area contributed by atoms with Gasteiger partial charge in [-0.2, -0.15) is 0 Å². The molecular weight excluding hydrogens is 278 g/mol.